The van der Waals surface area contributed by atoms with E-state index in [2.05, 4.69) is 51.9 Å². The predicted molar refractivity (Wildman–Crippen MR) is 87.4 cm³/mol. The summed E-state index contributed by atoms with van der Waals surface area (Å²) in [5.74, 6) is -0.106. The van der Waals surface area contributed by atoms with Crippen LogP contribution in [0.4, 0.5) is 0 Å². The topological polar surface area (TPSA) is 41.6 Å². The minimum absolute atomic E-state index is 0.106. The molecule has 4 heteroatoms. The predicted octanol–water partition coefficient (Wildman–Crippen LogP) is 2.82. The molecule has 1 rings (SSSR count). The van der Waals surface area contributed by atoms with E-state index in [4.69, 9.17) is 4.74 Å². The second kappa shape index (κ2) is 7.10. The SMILES string of the molecule is CCNC1(C(=O)OC)CCCC(N(C)C(C)C(C)(C)C)C1. The van der Waals surface area contributed by atoms with E-state index in [0.717, 1.165) is 32.2 Å². The Bertz CT molecular complexity index is 347. The van der Waals surface area contributed by atoms with Crippen LogP contribution in [0.3, 0.4) is 0 Å². The lowest BCUT2D eigenvalue weighted by Crippen LogP contribution is -2.59. The summed E-state index contributed by atoms with van der Waals surface area (Å²) in [6.07, 6.45) is 3.93. The van der Waals surface area contributed by atoms with Gasteiger partial charge in [-0.15, -0.1) is 0 Å². The van der Waals surface area contributed by atoms with Crippen molar-refractivity contribution in [2.75, 3.05) is 20.7 Å². The lowest BCUT2D eigenvalue weighted by Gasteiger charge is -2.46. The molecule has 0 heterocycles. The van der Waals surface area contributed by atoms with Crippen LogP contribution in [0.1, 0.15) is 60.3 Å². The van der Waals surface area contributed by atoms with Crippen molar-refractivity contribution < 1.29 is 9.53 Å². The minimum Gasteiger partial charge on any atom is -0.468 e. The number of nitrogens with one attached hydrogen (secondary N) is 1. The number of hydrogen-bond donors (Lipinski definition) is 1. The Balaban J connectivity index is 2.89. The van der Waals surface area contributed by atoms with Gasteiger partial charge in [0.1, 0.15) is 5.54 Å². The highest BCUT2D eigenvalue weighted by Gasteiger charge is 2.45. The first kappa shape index (κ1) is 18.4. The van der Waals surface area contributed by atoms with E-state index < -0.39 is 5.54 Å². The first-order valence-electron chi connectivity index (χ1n) is 8.23. The lowest BCUT2D eigenvalue weighted by molar-refractivity contribution is -0.151. The van der Waals surface area contributed by atoms with Crippen LogP contribution in [-0.4, -0.2) is 49.2 Å². The molecule has 1 N–H and O–H groups in total. The molecular weight excluding hydrogens is 264 g/mol. The molecule has 1 aliphatic rings. The van der Waals surface area contributed by atoms with Crippen molar-refractivity contribution in [3.63, 3.8) is 0 Å². The average Bonchev–Trinajstić information content (AvgIpc) is 2.44. The van der Waals surface area contributed by atoms with Crippen molar-refractivity contribution >= 4 is 5.97 Å². The zero-order chi connectivity index (χ0) is 16.3. The quantitative estimate of drug-likeness (QED) is 0.793. The Labute approximate surface area is 130 Å². The Morgan fingerprint density at radius 3 is 2.57 bits per heavy atom. The van der Waals surface area contributed by atoms with Crippen molar-refractivity contribution in [1.29, 1.82) is 0 Å². The van der Waals surface area contributed by atoms with Gasteiger partial charge in [0.2, 0.25) is 0 Å². The Hall–Kier alpha value is -0.610. The molecule has 124 valence electrons. The van der Waals surface area contributed by atoms with Gasteiger partial charge in [-0.2, -0.15) is 0 Å². The first-order valence-corrected chi connectivity index (χ1v) is 8.23. The summed E-state index contributed by atoms with van der Waals surface area (Å²) in [6, 6.07) is 0.892. The molecule has 1 aliphatic carbocycles. The molecule has 0 radical (unpaired) electrons. The van der Waals surface area contributed by atoms with Crippen LogP contribution in [0, 0.1) is 5.41 Å². The van der Waals surface area contributed by atoms with E-state index in [-0.39, 0.29) is 11.4 Å². The van der Waals surface area contributed by atoms with E-state index in [1.807, 2.05) is 0 Å². The van der Waals surface area contributed by atoms with E-state index in [9.17, 15) is 4.79 Å². The molecule has 0 aromatic rings. The third kappa shape index (κ3) is 4.19. The van der Waals surface area contributed by atoms with Crippen LogP contribution in [-0.2, 0) is 9.53 Å². The first-order chi connectivity index (χ1) is 9.68. The summed E-state index contributed by atoms with van der Waals surface area (Å²) in [5, 5.41) is 3.41. The maximum Gasteiger partial charge on any atom is 0.326 e. The number of carbonyl (C=O) groups excluding carboxylic acids is 1. The van der Waals surface area contributed by atoms with Gasteiger partial charge in [0, 0.05) is 12.1 Å². The standard InChI is InChI=1S/C17H34N2O2/c1-8-18-17(15(20)21-7)11-9-10-14(12-17)19(6)13(2)16(3,4)5/h13-14,18H,8-12H2,1-7H3. The summed E-state index contributed by atoms with van der Waals surface area (Å²) in [4.78, 5) is 14.8. The van der Waals surface area contributed by atoms with Gasteiger partial charge >= 0.3 is 5.97 Å². The van der Waals surface area contributed by atoms with Crippen LogP contribution in [0.2, 0.25) is 0 Å². The van der Waals surface area contributed by atoms with Gasteiger partial charge in [0.05, 0.1) is 7.11 Å². The molecule has 0 aromatic heterocycles. The summed E-state index contributed by atoms with van der Waals surface area (Å²) in [7, 11) is 3.69. The second-order valence-corrected chi connectivity index (χ2v) is 7.56. The largest absolute Gasteiger partial charge is 0.468 e. The molecule has 0 saturated heterocycles. The number of likely N-dealkylation sites (N-methyl/N-ethyl adjacent to an activating group) is 1. The molecule has 3 unspecified atom stereocenters. The third-order valence-corrected chi connectivity index (χ3v) is 5.26. The van der Waals surface area contributed by atoms with Gasteiger partial charge in [-0.05, 0) is 51.6 Å². The minimum atomic E-state index is -0.502. The average molecular weight is 298 g/mol. The zero-order valence-corrected chi connectivity index (χ0v) is 15.0. The van der Waals surface area contributed by atoms with Crippen LogP contribution < -0.4 is 5.32 Å². The number of hydrogen-bond acceptors (Lipinski definition) is 4. The van der Waals surface area contributed by atoms with Gasteiger partial charge in [-0.1, -0.05) is 27.7 Å². The monoisotopic (exact) mass is 298 g/mol. The molecular formula is C17H34N2O2. The number of methoxy groups -OCH3 is 1. The fourth-order valence-corrected chi connectivity index (χ4v) is 3.47. The molecule has 4 nitrogen and oxygen atoms in total. The molecule has 1 saturated carbocycles. The van der Waals surface area contributed by atoms with Crippen molar-refractivity contribution in [3.8, 4) is 0 Å². The summed E-state index contributed by atoms with van der Waals surface area (Å²) in [6.45, 7) is 11.9. The van der Waals surface area contributed by atoms with Crippen molar-refractivity contribution in [1.82, 2.24) is 10.2 Å². The maximum absolute atomic E-state index is 12.3. The Morgan fingerprint density at radius 1 is 1.48 bits per heavy atom. The fourth-order valence-electron chi connectivity index (χ4n) is 3.47. The normalized spacial score (nSPS) is 28.5. The highest BCUT2D eigenvalue weighted by atomic mass is 16.5. The van der Waals surface area contributed by atoms with Gasteiger partial charge < -0.3 is 15.0 Å². The molecule has 0 bridgehead atoms. The molecule has 0 spiro atoms. The highest BCUT2D eigenvalue weighted by Crippen LogP contribution is 2.35. The molecule has 0 aromatic carbocycles. The molecule has 0 aliphatic heterocycles. The van der Waals surface area contributed by atoms with E-state index in [1.165, 1.54) is 7.11 Å². The number of ether oxygens (including phenoxy) is 1. The van der Waals surface area contributed by atoms with E-state index in [0.29, 0.717) is 12.1 Å². The third-order valence-electron chi connectivity index (χ3n) is 5.26. The van der Waals surface area contributed by atoms with Crippen molar-refractivity contribution in [2.24, 2.45) is 5.41 Å². The van der Waals surface area contributed by atoms with Gasteiger partial charge in [-0.25, -0.2) is 0 Å². The van der Waals surface area contributed by atoms with Gasteiger partial charge in [0.25, 0.3) is 0 Å². The van der Waals surface area contributed by atoms with E-state index in [1.54, 1.807) is 0 Å². The van der Waals surface area contributed by atoms with Crippen LogP contribution in [0.25, 0.3) is 0 Å². The van der Waals surface area contributed by atoms with Gasteiger partial charge in [0.15, 0.2) is 0 Å². The van der Waals surface area contributed by atoms with E-state index >= 15 is 0 Å². The van der Waals surface area contributed by atoms with Crippen LogP contribution >= 0.6 is 0 Å². The molecule has 3 atom stereocenters. The zero-order valence-electron chi connectivity index (χ0n) is 15.0. The Kier molecular flexibility index (Phi) is 6.23. The number of nitrogens with zero attached hydrogens (tertiary/aromatic N) is 1. The van der Waals surface area contributed by atoms with Crippen LogP contribution in [0.5, 0.6) is 0 Å². The smallest absolute Gasteiger partial charge is 0.326 e. The maximum atomic E-state index is 12.3. The number of rotatable bonds is 5. The van der Waals surface area contributed by atoms with Crippen molar-refractivity contribution in [2.45, 2.75) is 77.9 Å². The van der Waals surface area contributed by atoms with Crippen LogP contribution in [0.15, 0.2) is 0 Å². The van der Waals surface area contributed by atoms with Gasteiger partial charge in [-0.3, -0.25) is 4.79 Å². The number of esters is 1. The number of carbonyl (C=O) groups is 1. The molecule has 1 fully saturated rings. The molecule has 21 heavy (non-hydrogen) atoms. The molecule has 0 amide bonds. The highest BCUT2D eigenvalue weighted by molar-refractivity contribution is 5.81. The summed E-state index contributed by atoms with van der Waals surface area (Å²) >= 11 is 0. The Morgan fingerprint density at radius 2 is 2.10 bits per heavy atom. The summed E-state index contributed by atoms with van der Waals surface area (Å²) in [5.41, 5.74) is -0.267. The van der Waals surface area contributed by atoms with Crippen molar-refractivity contribution in [3.05, 3.63) is 0 Å². The fraction of sp³-hybridized carbons (Fsp3) is 0.941. The summed E-state index contributed by atoms with van der Waals surface area (Å²) < 4.78 is 5.08. The lowest BCUT2D eigenvalue weighted by atomic mass is 9.76. The second-order valence-electron chi connectivity index (χ2n) is 7.56.